The van der Waals surface area contributed by atoms with Crippen molar-refractivity contribution in [2.45, 2.75) is 32.2 Å². The molecule has 1 aliphatic carbocycles. The summed E-state index contributed by atoms with van der Waals surface area (Å²) in [6.07, 6.45) is 1.89. The molecule has 19 heavy (non-hydrogen) atoms. The van der Waals surface area contributed by atoms with Crippen molar-refractivity contribution >= 4 is 17.6 Å². The molecule has 1 aromatic rings. The second-order valence-corrected chi connectivity index (χ2v) is 5.37. The van der Waals surface area contributed by atoms with Crippen LogP contribution in [0.25, 0.3) is 0 Å². The van der Waals surface area contributed by atoms with E-state index in [1.165, 1.54) is 6.07 Å². The Bertz CT molecular complexity index is 533. The fourth-order valence-corrected chi connectivity index (χ4v) is 2.07. The lowest BCUT2D eigenvalue weighted by atomic mass is 9.96. The van der Waals surface area contributed by atoms with E-state index in [9.17, 15) is 9.59 Å². The van der Waals surface area contributed by atoms with Gasteiger partial charge in [0.25, 0.3) is 0 Å². The number of anilines is 1. The van der Waals surface area contributed by atoms with Gasteiger partial charge < -0.3 is 16.2 Å². The first-order valence-electron chi connectivity index (χ1n) is 6.26. The lowest BCUT2D eigenvalue weighted by molar-refractivity contribution is -0.121. The molecule has 0 heterocycles. The minimum Gasteiger partial charge on any atom is -0.478 e. The van der Waals surface area contributed by atoms with Crippen LogP contribution in [0.1, 0.15) is 35.7 Å². The minimum atomic E-state index is -1.07. The second-order valence-electron chi connectivity index (χ2n) is 5.37. The van der Waals surface area contributed by atoms with Gasteiger partial charge in [0.15, 0.2) is 0 Å². The molecule has 0 saturated heterocycles. The van der Waals surface area contributed by atoms with Crippen molar-refractivity contribution in [1.82, 2.24) is 0 Å². The second kappa shape index (κ2) is 4.66. The van der Waals surface area contributed by atoms with Crippen LogP contribution in [0.3, 0.4) is 0 Å². The first-order valence-corrected chi connectivity index (χ1v) is 6.26. The summed E-state index contributed by atoms with van der Waals surface area (Å²) in [5.41, 5.74) is 6.27. The van der Waals surface area contributed by atoms with Crippen molar-refractivity contribution in [3.05, 3.63) is 29.3 Å². The molecule has 0 radical (unpaired) electrons. The van der Waals surface area contributed by atoms with E-state index in [1.54, 1.807) is 26.0 Å². The summed E-state index contributed by atoms with van der Waals surface area (Å²) < 4.78 is 0. The Hall–Kier alpha value is -1.88. The number of carboxylic acid groups (broad SMARTS) is 1. The van der Waals surface area contributed by atoms with Gasteiger partial charge in [0.1, 0.15) is 0 Å². The van der Waals surface area contributed by atoms with E-state index < -0.39 is 11.5 Å². The number of carboxylic acids is 1. The van der Waals surface area contributed by atoms with Gasteiger partial charge in [-0.05, 0) is 44.7 Å². The number of nitrogens with one attached hydrogen (secondary N) is 1. The SMILES string of the molecule is Cc1ccc(NC(=O)C(C)(N)C2CC2)c(C(=O)O)c1. The maximum absolute atomic E-state index is 12.1. The Morgan fingerprint density at radius 1 is 1.42 bits per heavy atom. The van der Waals surface area contributed by atoms with Gasteiger partial charge in [-0.2, -0.15) is 0 Å². The zero-order chi connectivity index (χ0) is 14.2. The van der Waals surface area contributed by atoms with E-state index >= 15 is 0 Å². The van der Waals surface area contributed by atoms with E-state index in [0.29, 0.717) is 5.69 Å². The van der Waals surface area contributed by atoms with Crippen LogP contribution in [0.15, 0.2) is 18.2 Å². The van der Waals surface area contributed by atoms with E-state index in [4.69, 9.17) is 10.8 Å². The number of amides is 1. The summed E-state index contributed by atoms with van der Waals surface area (Å²) >= 11 is 0. The highest BCUT2D eigenvalue weighted by Crippen LogP contribution is 2.38. The van der Waals surface area contributed by atoms with E-state index in [1.807, 2.05) is 0 Å². The molecular weight excluding hydrogens is 244 g/mol. The molecule has 1 aromatic carbocycles. The van der Waals surface area contributed by atoms with Crippen LogP contribution in [0.5, 0.6) is 0 Å². The third-order valence-corrected chi connectivity index (χ3v) is 3.57. The van der Waals surface area contributed by atoms with Crippen LogP contribution in [0, 0.1) is 12.8 Å². The van der Waals surface area contributed by atoms with Crippen molar-refractivity contribution in [3.63, 3.8) is 0 Å². The van der Waals surface area contributed by atoms with Crippen molar-refractivity contribution in [2.24, 2.45) is 11.7 Å². The molecule has 2 rings (SSSR count). The fraction of sp³-hybridized carbons (Fsp3) is 0.429. The van der Waals surface area contributed by atoms with Crippen LogP contribution in [0.4, 0.5) is 5.69 Å². The molecule has 0 spiro atoms. The standard InChI is InChI=1S/C14H18N2O3/c1-8-3-6-11(10(7-8)12(17)18)16-13(19)14(2,15)9-4-5-9/h3,6-7,9H,4-5,15H2,1-2H3,(H,16,19)(H,17,18). The normalized spacial score (nSPS) is 17.6. The molecule has 102 valence electrons. The largest absolute Gasteiger partial charge is 0.478 e. The van der Waals surface area contributed by atoms with Crippen LogP contribution in [0.2, 0.25) is 0 Å². The molecule has 1 fully saturated rings. The Morgan fingerprint density at radius 3 is 2.58 bits per heavy atom. The summed E-state index contributed by atoms with van der Waals surface area (Å²) in [5, 5.41) is 11.8. The molecule has 1 aliphatic rings. The number of aryl methyl sites for hydroxylation is 1. The third-order valence-electron chi connectivity index (χ3n) is 3.57. The number of carbonyl (C=O) groups excluding carboxylic acids is 1. The number of benzene rings is 1. The first-order chi connectivity index (χ1) is 8.82. The van der Waals surface area contributed by atoms with Crippen LogP contribution in [-0.2, 0) is 4.79 Å². The van der Waals surface area contributed by atoms with Gasteiger partial charge >= 0.3 is 5.97 Å². The number of hydrogen-bond acceptors (Lipinski definition) is 3. The molecule has 1 atom stereocenters. The zero-order valence-corrected chi connectivity index (χ0v) is 11.1. The van der Waals surface area contributed by atoms with Crippen molar-refractivity contribution in [1.29, 1.82) is 0 Å². The maximum Gasteiger partial charge on any atom is 0.337 e. The Kier molecular flexibility index (Phi) is 3.32. The van der Waals surface area contributed by atoms with E-state index in [0.717, 1.165) is 18.4 Å². The molecule has 5 heteroatoms. The highest BCUT2D eigenvalue weighted by Gasteiger charge is 2.44. The van der Waals surface area contributed by atoms with Crippen molar-refractivity contribution in [3.8, 4) is 0 Å². The molecule has 1 saturated carbocycles. The predicted octanol–water partition coefficient (Wildman–Crippen LogP) is 1.76. The van der Waals surface area contributed by atoms with Gasteiger partial charge in [-0.15, -0.1) is 0 Å². The van der Waals surface area contributed by atoms with Crippen molar-refractivity contribution in [2.75, 3.05) is 5.32 Å². The first kappa shape index (κ1) is 13.5. The summed E-state index contributed by atoms with van der Waals surface area (Å²) in [4.78, 5) is 23.3. The lowest BCUT2D eigenvalue weighted by Gasteiger charge is -2.23. The molecule has 4 N–H and O–H groups in total. The Morgan fingerprint density at radius 2 is 2.05 bits per heavy atom. The van der Waals surface area contributed by atoms with Crippen molar-refractivity contribution < 1.29 is 14.7 Å². The number of nitrogens with two attached hydrogens (primary N) is 1. The Balaban J connectivity index is 2.23. The minimum absolute atomic E-state index is 0.0833. The summed E-state index contributed by atoms with van der Waals surface area (Å²) in [5.74, 6) is -1.21. The number of carbonyl (C=O) groups is 2. The van der Waals surface area contributed by atoms with Crippen LogP contribution >= 0.6 is 0 Å². The fourth-order valence-electron chi connectivity index (χ4n) is 2.07. The van der Waals surface area contributed by atoms with E-state index in [2.05, 4.69) is 5.32 Å². The third kappa shape index (κ3) is 2.76. The van der Waals surface area contributed by atoms with Gasteiger partial charge in [0.2, 0.25) is 5.91 Å². The molecule has 0 aromatic heterocycles. The van der Waals surface area contributed by atoms with Gasteiger partial charge in [0, 0.05) is 0 Å². The summed E-state index contributed by atoms with van der Waals surface area (Å²) in [6, 6.07) is 4.88. The average molecular weight is 262 g/mol. The number of rotatable bonds is 4. The molecule has 1 amide bonds. The smallest absolute Gasteiger partial charge is 0.337 e. The topological polar surface area (TPSA) is 92.4 Å². The molecule has 1 unspecified atom stereocenters. The average Bonchev–Trinajstić information content (AvgIpc) is 3.15. The van der Waals surface area contributed by atoms with Gasteiger partial charge in [0.05, 0.1) is 16.8 Å². The molecule has 0 bridgehead atoms. The van der Waals surface area contributed by atoms with Crippen LogP contribution < -0.4 is 11.1 Å². The quantitative estimate of drug-likeness (QED) is 0.770. The van der Waals surface area contributed by atoms with Gasteiger partial charge in [-0.3, -0.25) is 4.79 Å². The highest BCUT2D eigenvalue weighted by atomic mass is 16.4. The lowest BCUT2D eigenvalue weighted by Crippen LogP contribution is -2.50. The molecule has 0 aliphatic heterocycles. The number of aromatic carboxylic acids is 1. The number of hydrogen-bond donors (Lipinski definition) is 3. The molecular formula is C14H18N2O3. The maximum atomic E-state index is 12.1. The molecule has 5 nitrogen and oxygen atoms in total. The highest BCUT2D eigenvalue weighted by molar-refractivity contribution is 6.03. The monoisotopic (exact) mass is 262 g/mol. The van der Waals surface area contributed by atoms with Crippen LogP contribution in [-0.4, -0.2) is 22.5 Å². The Labute approximate surface area is 111 Å². The predicted molar refractivity (Wildman–Crippen MR) is 72.1 cm³/mol. The zero-order valence-electron chi connectivity index (χ0n) is 11.1. The van der Waals surface area contributed by atoms with E-state index in [-0.39, 0.29) is 17.4 Å². The summed E-state index contributed by atoms with van der Waals surface area (Å²) in [6.45, 7) is 3.49. The van der Waals surface area contributed by atoms with Gasteiger partial charge in [-0.1, -0.05) is 11.6 Å². The summed E-state index contributed by atoms with van der Waals surface area (Å²) in [7, 11) is 0. The van der Waals surface area contributed by atoms with Gasteiger partial charge in [-0.25, -0.2) is 4.79 Å².